The number of anilines is 2. The lowest BCUT2D eigenvalue weighted by Crippen LogP contribution is -2.40. The van der Waals surface area contributed by atoms with Crippen molar-refractivity contribution < 1.29 is 22.1 Å². The van der Waals surface area contributed by atoms with Crippen LogP contribution < -0.4 is 14.8 Å². The number of aromatic nitrogens is 1. The highest BCUT2D eigenvalue weighted by molar-refractivity contribution is 7.87. The molecule has 0 bridgehead atoms. The van der Waals surface area contributed by atoms with Crippen LogP contribution >= 0.6 is 11.3 Å². The molecule has 0 aliphatic heterocycles. The van der Waals surface area contributed by atoms with Gasteiger partial charge in [0.1, 0.15) is 17.3 Å². The molecule has 0 aliphatic rings. The van der Waals surface area contributed by atoms with E-state index in [1.54, 1.807) is 24.3 Å². The molecule has 3 rings (SSSR count). The lowest BCUT2D eigenvalue weighted by Gasteiger charge is -2.30. The van der Waals surface area contributed by atoms with Gasteiger partial charge in [-0.05, 0) is 64.1 Å². The highest BCUT2D eigenvalue weighted by Gasteiger charge is 2.18. The van der Waals surface area contributed by atoms with Crippen molar-refractivity contribution in [2.45, 2.75) is 44.7 Å². The number of hydrogen-bond donors (Lipinski definition) is 2. The van der Waals surface area contributed by atoms with E-state index in [-0.39, 0.29) is 23.2 Å². The van der Waals surface area contributed by atoms with Gasteiger partial charge in [0.2, 0.25) is 0 Å². The van der Waals surface area contributed by atoms with Gasteiger partial charge in [-0.15, -0.1) is 0 Å². The van der Waals surface area contributed by atoms with E-state index in [0.717, 1.165) is 18.8 Å². The monoisotopic (exact) mass is 520 g/mol. The number of thiazole rings is 1. The van der Waals surface area contributed by atoms with Gasteiger partial charge in [-0.25, -0.2) is 4.98 Å². The maximum atomic E-state index is 12.8. The van der Waals surface area contributed by atoms with Gasteiger partial charge < -0.3 is 14.2 Å². The molecule has 0 saturated carbocycles. The summed E-state index contributed by atoms with van der Waals surface area (Å²) in [6, 6.07) is 12.2. The van der Waals surface area contributed by atoms with Gasteiger partial charge in [-0.3, -0.25) is 15.0 Å². The SMILES string of the molecule is COCC(=O)Nc1nc2ccc(OS(=O)(=O)c3ccc(NCCN(C(C)C)C(C)C)cc3)cc2s1. The maximum Gasteiger partial charge on any atom is 0.339 e. The highest BCUT2D eigenvalue weighted by atomic mass is 32.2. The molecule has 190 valence electrons. The Hall–Kier alpha value is -2.73. The molecular formula is C24H32N4O5S2. The molecule has 0 fully saturated rings. The van der Waals surface area contributed by atoms with E-state index in [2.05, 4.69) is 48.2 Å². The molecule has 2 aromatic carbocycles. The lowest BCUT2D eigenvalue weighted by molar-refractivity contribution is -0.119. The van der Waals surface area contributed by atoms with Crippen LogP contribution in [0.15, 0.2) is 47.4 Å². The number of rotatable bonds is 12. The normalized spacial score (nSPS) is 12.0. The second-order valence-corrected chi connectivity index (χ2v) is 11.1. The van der Waals surface area contributed by atoms with Crippen LogP contribution in [0.5, 0.6) is 5.75 Å². The summed E-state index contributed by atoms with van der Waals surface area (Å²) in [5.74, 6) is -0.152. The van der Waals surface area contributed by atoms with Crippen LogP contribution in [-0.2, 0) is 19.6 Å². The molecule has 35 heavy (non-hydrogen) atoms. The van der Waals surface area contributed by atoms with Gasteiger partial charge in [0, 0.05) is 44.0 Å². The summed E-state index contributed by atoms with van der Waals surface area (Å²) in [7, 11) is -2.58. The molecule has 0 atom stereocenters. The number of nitrogens with zero attached hydrogens (tertiary/aromatic N) is 2. The van der Waals surface area contributed by atoms with Crippen LogP contribution in [0.25, 0.3) is 10.2 Å². The van der Waals surface area contributed by atoms with Gasteiger partial charge in [0.05, 0.1) is 10.2 Å². The van der Waals surface area contributed by atoms with Crippen LogP contribution in [0.2, 0.25) is 0 Å². The number of fused-ring (bicyclic) bond motifs is 1. The Labute approximate surface area is 210 Å². The Morgan fingerprint density at radius 2 is 1.77 bits per heavy atom. The largest absolute Gasteiger partial charge is 0.384 e. The second-order valence-electron chi connectivity index (χ2n) is 8.54. The third kappa shape index (κ3) is 7.38. The fraction of sp³-hybridized carbons (Fsp3) is 0.417. The van der Waals surface area contributed by atoms with Gasteiger partial charge in [-0.2, -0.15) is 8.42 Å². The molecule has 0 saturated heterocycles. The standard InChI is InChI=1S/C24H32N4O5S2/c1-16(2)28(17(3)4)13-12-25-18-6-9-20(10-7-18)35(30,31)33-19-8-11-21-22(14-19)34-24(26-21)27-23(29)15-32-5/h6-11,14,16-17,25H,12-13,15H2,1-5H3,(H,26,27,29). The highest BCUT2D eigenvalue weighted by Crippen LogP contribution is 2.30. The molecule has 0 radical (unpaired) electrons. The molecule has 1 amide bonds. The van der Waals surface area contributed by atoms with Crippen molar-refractivity contribution in [3.63, 3.8) is 0 Å². The van der Waals surface area contributed by atoms with E-state index >= 15 is 0 Å². The zero-order valence-corrected chi connectivity index (χ0v) is 22.2. The summed E-state index contributed by atoms with van der Waals surface area (Å²) in [6.45, 7) is 10.2. The van der Waals surface area contributed by atoms with Crippen LogP contribution in [0.3, 0.4) is 0 Å². The molecular weight excluding hydrogens is 488 g/mol. The van der Waals surface area contributed by atoms with Crippen molar-refractivity contribution >= 4 is 48.4 Å². The molecule has 3 aromatic rings. The third-order valence-electron chi connectivity index (χ3n) is 5.26. The third-order valence-corrected chi connectivity index (χ3v) is 7.45. The molecule has 11 heteroatoms. The summed E-state index contributed by atoms with van der Waals surface area (Å²) in [4.78, 5) is 18.4. The Morgan fingerprint density at radius 3 is 2.40 bits per heavy atom. The minimum atomic E-state index is -4.01. The molecule has 1 heterocycles. The fourth-order valence-corrected chi connectivity index (χ4v) is 5.49. The Kier molecular flexibility index (Phi) is 9.06. The van der Waals surface area contributed by atoms with Crippen molar-refractivity contribution in [1.82, 2.24) is 9.88 Å². The summed E-state index contributed by atoms with van der Waals surface area (Å²) in [5.41, 5.74) is 1.46. The molecule has 2 N–H and O–H groups in total. The van der Waals surface area contributed by atoms with Crippen molar-refractivity contribution in [2.75, 3.05) is 37.4 Å². The van der Waals surface area contributed by atoms with E-state index in [1.807, 2.05) is 0 Å². The molecule has 0 unspecified atom stereocenters. The van der Waals surface area contributed by atoms with Gasteiger partial charge in [0.15, 0.2) is 5.13 Å². The first-order valence-corrected chi connectivity index (χ1v) is 13.5. The zero-order chi connectivity index (χ0) is 25.6. The topological polar surface area (TPSA) is 110 Å². The van der Waals surface area contributed by atoms with E-state index < -0.39 is 10.1 Å². The van der Waals surface area contributed by atoms with Crippen molar-refractivity contribution in [3.8, 4) is 5.75 Å². The molecule has 0 aliphatic carbocycles. The first-order valence-electron chi connectivity index (χ1n) is 11.3. The minimum absolute atomic E-state index is 0.0611. The second kappa shape index (κ2) is 11.8. The number of nitrogens with one attached hydrogen (secondary N) is 2. The number of benzene rings is 2. The fourth-order valence-electron chi connectivity index (χ4n) is 3.65. The number of methoxy groups -OCH3 is 1. The van der Waals surface area contributed by atoms with Gasteiger partial charge in [0.25, 0.3) is 5.91 Å². The number of carbonyl (C=O) groups excluding carboxylic acids is 1. The average molecular weight is 521 g/mol. The van der Waals surface area contributed by atoms with Crippen LogP contribution in [-0.4, -0.2) is 63.1 Å². The maximum absolute atomic E-state index is 12.8. The predicted molar refractivity (Wildman–Crippen MR) is 140 cm³/mol. The molecule has 1 aromatic heterocycles. The number of carbonyl (C=O) groups is 1. The predicted octanol–water partition coefficient (Wildman–Crippen LogP) is 4.18. The lowest BCUT2D eigenvalue weighted by atomic mass is 10.2. The first-order chi connectivity index (χ1) is 16.6. The molecule has 9 nitrogen and oxygen atoms in total. The number of ether oxygens (including phenoxy) is 1. The van der Waals surface area contributed by atoms with E-state index in [0.29, 0.717) is 27.4 Å². The van der Waals surface area contributed by atoms with E-state index in [9.17, 15) is 13.2 Å². The van der Waals surface area contributed by atoms with Crippen LogP contribution in [0, 0.1) is 0 Å². The van der Waals surface area contributed by atoms with E-state index in [4.69, 9.17) is 8.92 Å². The van der Waals surface area contributed by atoms with E-state index in [1.165, 1.54) is 36.6 Å². The number of amides is 1. The van der Waals surface area contributed by atoms with Gasteiger partial charge in [-0.1, -0.05) is 11.3 Å². The Morgan fingerprint density at radius 1 is 1.09 bits per heavy atom. The first kappa shape index (κ1) is 26.9. The number of hydrogen-bond acceptors (Lipinski definition) is 9. The minimum Gasteiger partial charge on any atom is -0.384 e. The van der Waals surface area contributed by atoms with Crippen LogP contribution in [0.1, 0.15) is 27.7 Å². The van der Waals surface area contributed by atoms with Crippen molar-refractivity contribution in [1.29, 1.82) is 0 Å². The zero-order valence-electron chi connectivity index (χ0n) is 20.6. The van der Waals surface area contributed by atoms with Crippen molar-refractivity contribution in [3.05, 3.63) is 42.5 Å². The Balaban J connectivity index is 1.63. The Bertz CT molecular complexity index is 1230. The average Bonchev–Trinajstić information content (AvgIpc) is 3.17. The summed E-state index contributed by atoms with van der Waals surface area (Å²) >= 11 is 1.22. The summed E-state index contributed by atoms with van der Waals surface area (Å²) in [5, 5.41) is 6.37. The summed E-state index contributed by atoms with van der Waals surface area (Å²) < 4.78 is 36.4. The van der Waals surface area contributed by atoms with Crippen molar-refractivity contribution in [2.24, 2.45) is 0 Å². The van der Waals surface area contributed by atoms with Crippen LogP contribution in [0.4, 0.5) is 10.8 Å². The quantitative estimate of drug-likeness (QED) is 0.342. The smallest absolute Gasteiger partial charge is 0.339 e. The summed E-state index contributed by atoms with van der Waals surface area (Å²) in [6.07, 6.45) is 0. The van der Waals surface area contributed by atoms with Gasteiger partial charge >= 0.3 is 10.1 Å². The molecule has 0 spiro atoms.